The van der Waals surface area contributed by atoms with Gasteiger partial charge >= 0.3 is 12.3 Å². The third-order valence-electron chi connectivity index (χ3n) is 4.47. The van der Waals surface area contributed by atoms with E-state index in [2.05, 4.69) is 25.3 Å². The summed E-state index contributed by atoms with van der Waals surface area (Å²) in [5, 5.41) is 24.1. The van der Waals surface area contributed by atoms with Gasteiger partial charge in [-0.2, -0.15) is 4.80 Å². The number of anilines is 2. The zero-order valence-electron chi connectivity index (χ0n) is 15.9. The molecule has 0 atom stereocenters. The first-order chi connectivity index (χ1) is 14.8. The van der Waals surface area contributed by atoms with Gasteiger partial charge in [0.1, 0.15) is 5.75 Å². The van der Waals surface area contributed by atoms with Gasteiger partial charge in [-0.1, -0.05) is 11.2 Å². The van der Waals surface area contributed by atoms with Crippen LogP contribution in [-0.4, -0.2) is 69.0 Å². The zero-order valence-corrected chi connectivity index (χ0v) is 15.9. The average Bonchev–Trinajstić information content (AvgIpc) is 3.36. The van der Waals surface area contributed by atoms with Crippen molar-refractivity contribution in [1.82, 2.24) is 25.4 Å². The molecule has 164 valence electrons. The highest BCUT2D eigenvalue weighted by Gasteiger charge is 2.31. The highest BCUT2D eigenvalue weighted by atomic mass is 19.4. The van der Waals surface area contributed by atoms with Crippen LogP contribution in [0.4, 0.5) is 24.7 Å². The van der Waals surface area contributed by atoms with Gasteiger partial charge in [-0.25, -0.2) is 0 Å². The molecule has 1 saturated heterocycles. The molecule has 0 radical (unpaired) electrons. The molecule has 0 unspecified atom stereocenters. The van der Waals surface area contributed by atoms with E-state index in [1.807, 2.05) is 9.80 Å². The van der Waals surface area contributed by atoms with E-state index in [4.69, 9.17) is 9.63 Å². The predicted molar refractivity (Wildman–Crippen MR) is 98.5 cm³/mol. The first-order valence-corrected chi connectivity index (χ1v) is 9.09. The standard InChI is InChI=1S/C17H16F3N7O4/c18-17(19,20)30-12-3-1-2-11(8-12)25-4-6-26(7-5-25)14-9-13(31-23-14)16-21-24-27(22-16)10-15(28)29/h1-3,8-9H,4-7,10H2,(H,28,29). The number of piperazine rings is 1. The molecule has 1 aromatic carbocycles. The second-order valence-electron chi connectivity index (χ2n) is 6.61. The zero-order chi connectivity index (χ0) is 22.0. The number of carbonyl (C=O) groups is 1. The Morgan fingerprint density at radius 2 is 1.90 bits per heavy atom. The molecule has 0 aliphatic carbocycles. The minimum Gasteiger partial charge on any atom is -0.480 e. The Morgan fingerprint density at radius 3 is 2.61 bits per heavy atom. The van der Waals surface area contributed by atoms with Crippen LogP contribution < -0.4 is 14.5 Å². The normalized spacial score (nSPS) is 14.7. The predicted octanol–water partition coefficient (Wildman–Crippen LogP) is 1.64. The lowest BCUT2D eigenvalue weighted by molar-refractivity contribution is -0.274. The Labute approximate surface area is 172 Å². The Balaban J connectivity index is 1.38. The summed E-state index contributed by atoms with van der Waals surface area (Å²) in [6.07, 6.45) is -4.74. The van der Waals surface area contributed by atoms with Crippen LogP contribution in [0.1, 0.15) is 0 Å². The number of benzene rings is 1. The van der Waals surface area contributed by atoms with Gasteiger partial charge in [0.05, 0.1) is 0 Å². The van der Waals surface area contributed by atoms with Gasteiger partial charge < -0.3 is 24.2 Å². The topological polar surface area (TPSA) is 123 Å². The second-order valence-corrected chi connectivity index (χ2v) is 6.61. The number of hydrogen-bond donors (Lipinski definition) is 1. The number of halogens is 3. The van der Waals surface area contributed by atoms with Crippen LogP contribution in [0.3, 0.4) is 0 Å². The van der Waals surface area contributed by atoms with Crippen molar-refractivity contribution in [2.75, 3.05) is 36.0 Å². The molecule has 11 nitrogen and oxygen atoms in total. The SMILES string of the molecule is O=C(O)Cn1nnc(-c2cc(N3CCN(c4cccc(OC(F)(F)F)c4)CC3)no2)n1. The Bertz CT molecular complexity index is 1060. The number of aromatic nitrogens is 5. The summed E-state index contributed by atoms with van der Waals surface area (Å²) >= 11 is 0. The lowest BCUT2D eigenvalue weighted by Gasteiger charge is -2.36. The number of ether oxygens (including phenoxy) is 1. The van der Waals surface area contributed by atoms with Crippen LogP contribution in [-0.2, 0) is 11.3 Å². The number of hydrogen-bond acceptors (Lipinski definition) is 9. The number of carboxylic acids is 1. The molecule has 2 aromatic heterocycles. The summed E-state index contributed by atoms with van der Waals surface area (Å²) in [7, 11) is 0. The molecule has 1 fully saturated rings. The first-order valence-electron chi connectivity index (χ1n) is 9.09. The second kappa shape index (κ2) is 8.12. The molecule has 3 aromatic rings. The van der Waals surface area contributed by atoms with E-state index < -0.39 is 18.9 Å². The van der Waals surface area contributed by atoms with Gasteiger partial charge in [-0.05, 0) is 17.3 Å². The van der Waals surface area contributed by atoms with Gasteiger partial charge in [-0.15, -0.1) is 23.4 Å². The fraction of sp³-hybridized carbons (Fsp3) is 0.353. The van der Waals surface area contributed by atoms with Gasteiger partial charge in [0.15, 0.2) is 12.4 Å². The number of alkyl halides is 3. The molecule has 1 aliphatic heterocycles. The van der Waals surface area contributed by atoms with Crippen molar-refractivity contribution in [2.24, 2.45) is 0 Å². The number of carboxylic acid groups (broad SMARTS) is 1. The monoisotopic (exact) mass is 439 g/mol. The third-order valence-corrected chi connectivity index (χ3v) is 4.47. The molecule has 1 N–H and O–H groups in total. The molecule has 0 saturated carbocycles. The summed E-state index contributed by atoms with van der Waals surface area (Å²) in [4.78, 5) is 15.5. The lowest BCUT2D eigenvalue weighted by Crippen LogP contribution is -2.46. The summed E-state index contributed by atoms with van der Waals surface area (Å²) < 4.78 is 46.5. The van der Waals surface area contributed by atoms with Crippen LogP contribution in [0.15, 0.2) is 34.9 Å². The van der Waals surface area contributed by atoms with E-state index >= 15 is 0 Å². The number of aliphatic carboxylic acids is 1. The Kier molecular flexibility index (Phi) is 5.35. The van der Waals surface area contributed by atoms with Gasteiger partial charge in [0.2, 0.25) is 11.6 Å². The molecular weight excluding hydrogens is 423 g/mol. The molecule has 0 amide bonds. The highest BCUT2D eigenvalue weighted by molar-refractivity contribution is 5.66. The Hall–Kier alpha value is -3.84. The van der Waals surface area contributed by atoms with E-state index in [0.29, 0.717) is 37.7 Å². The van der Waals surface area contributed by atoms with E-state index in [1.165, 1.54) is 18.2 Å². The number of rotatable bonds is 6. The molecule has 31 heavy (non-hydrogen) atoms. The van der Waals surface area contributed by atoms with E-state index in [1.54, 1.807) is 12.1 Å². The highest BCUT2D eigenvalue weighted by Crippen LogP contribution is 2.28. The maximum Gasteiger partial charge on any atom is 0.573 e. The van der Waals surface area contributed by atoms with Crippen LogP contribution in [0, 0.1) is 0 Å². The number of tetrazole rings is 1. The van der Waals surface area contributed by atoms with Crippen LogP contribution >= 0.6 is 0 Å². The lowest BCUT2D eigenvalue weighted by atomic mass is 10.2. The van der Waals surface area contributed by atoms with Crippen LogP contribution in [0.2, 0.25) is 0 Å². The van der Waals surface area contributed by atoms with Crippen molar-refractivity contribution >= 4 is 17.5 Å². The van der Waals surface area contributed by atoms with Gasteiger partial charge in [0.25, 0.3) is 0 Å². The van der Waals surface area contributed by atoms with E-state index in [0.717, 1.165) is 4.80 Å². The average molecular weight is 439 g/mol. The fourth-order valence-electron chi connectivity index (χ4n) is 3.12. The molecule has 3 heterocycles. The van der Waals surface area contributed by atoms with E-state index in [9.17, 15) is 18.0 Å². The van der Waals surface area contributed by atoms with E-state index in [-0.39, 0.29) is 17.3 Å². The summed E-state index contributed by atoms with van der Waals surface area (Å²) in [5.74, 6) is -0.475. The number of nitrogens with zero attached hydrogens (tertiary/aromatic N) is 7. The largest absolute Gasteiger partial charge is 0.573 e. The maximum absolute atomic E-state index is 12.4. The molecule has 14 heteroatoms. The Morgan fingerprint density at radius 1 is 1.16 bits per heavy atom. The van der Waals surface area contributed by atoms with Crippen molar-refractivity contribution in [3.8, 4) is 17.3 Å². The van der Waals surface area contributed by atoms with Crippen LogP contribution in [0.25, 0.3) is 11.6 Å². The quantitative estimate of drug-likeness (QED) is 0.606. The fourth-order valence-corrected chi connectivity index (χ4v) is 3.12. The smallest absolute Gasteiger partial charge is 0.480 e. The van der Waals surface area contributed by atoms with Gasteiger partial charge in [-0.3, -0.25) is 4.79 Å². The van der Waals surface area contributed by atoms with Crippen molar-refractivity contribution < 1.29 is 32.3 Å². The van der Waals surface area contributed by atoms with Gasteiger partial charge in [0, 0.05) is 44.0 Å². The third kappa shape index (κ3) is 5.02. The maximum atomic E-state index is 12.4. The van der Waals surface area contributed by atoms with Crippen molar-refractivity contribution in [2.45, 2.75) is 12.9 Å². The first kappa shape index (κ1) is 20.4. The molecule has 0 bridgehead atoms. The molecule has 4 rings (SSSR count). The molecular formula is C17H16F3N7O4. The van der Waals surface area contributed by atoms with Crippen LogP contribution in [0.5, 0.6) is 5.75 Å². The molecule has 0 spiro atoms. The van der Waals surface area contributed by atoms with Crippen molar-refractivity contribution in [1.29, 1.82) is 0 Å². The van der Waals surface area contributed by atoms with Crippen molar-refractivity contribution in [3.05, 3.63) is 30.3 Å². The minimum atomic E-state index is -4.74. The minimum absolute atomic E-state index is 0.111. The summed E-state index contributed by atoms with van der Waals surface area (Å²) in [6, 6.07) is 7.46. The summed E-state index contributed by atoms with van der Waals surface area (Å²) in [5.41, 5.74) is 0.626. The summed E-state index contributed by atoms with van der Waals surface area (Å²) in [6.45, 7) is 1.77. The van der Waals surface area contributed by atoms with Crippen molar-refractivity contribution in [3.63, 3.8) is 0 Å². The molecule has 1 aliphatic rings.